The summed E-state index contributed by atoms with van der Waals surface area (Å²) in [5.41, 5.74) is -0.0383. The van der Waals surface area contributed by atoms with Crippen LogP contribution >= 0.6 is 10.7 Å². The van der Waals surface area contributed by atoms with Crippen LogP contribution in [0.3, 0.4) is 0 Å². The molecule has 0 aromatic heterocycles. The zero-order valence-electron chi connectivity index (χ0n) is 9.69. The van der Waals surface area contributed by atoms with E-state index in [1.165, 1.54) is 12.1 Å². The normalized spacial score (nSPS) is 12.5. The van der Waals surface area contributed by atoms with Crippen LogP contribution in [-0.2, 0) is 14.5 Å². The largest absolute Gasteiger partial charge is 0.478 e. The van der Waals surface area contributed by atoms with Crippen LogP contribution in [0.25, 0.3) is 0 Å². The van der Waals surface area contributed by atoms with Crippen molar-refractivity contribution in [3.63, 3.8) is 0 Å². The van der Waals surface area contributed by atoms with E-state index in [-0.39, 0.29) is 10.5 Å². The lowest BCUT2D eigenvalue weighted by molar-refractivity contribution is 0.0696. The summed E-state index contributed by atoms with van der Waals surface area (Å²) in [5, 5.41) is 8.83. The minimum Gasteiger partial charge on any atom is -0.478 e. The maximum atomic E-state index is 11.4. The van der Waals surface area contributed by atoms with E-state index < -0.39 is 20.4 Å². The number of benzene rings is 1. The van der Waals surface area contributed by atoms with Crippen LogP contribution in [0.2, 0.25) is 0 Å². The second-order valence-corrected chi connectivity index (χ2v) is 7.24. The molecule has 0 atom stereocenters. The summed E-state index contributed by atoms with van der Waals surface area (Å²) in [4.78, 5) is 10.7. The second kappa shape index (κ2) is 4.31. The molecule has 4 nitrogen and oxygen atoms in total. The van der Waals surface area contributed by atoms with Gasteiger partial charge in [-0.05, 0) is 23.1 Å². The molecule has 1 aromatic rings. The first kappa shape index (κ1) is 14.0. The average Bonchev–Trinajstić information content (AvgIpc) is 2.14. The predicted octanol–water partition coefficient (Wildman–Crippen LogP) is 2.61. The number of halogens is 1. The number of aromatic carboxylic acids is 1. The molecular weight excluding hydrogens is 264 g/mol. The Bertz CT molecular complexity index is 555. The predicted molar refractivity (Wildman–Crippen MR) is 65.1 cm³/mol. The van der Waals surface area contributed by atoms with Crippen molar-refractivity contribution in [1.82, 2.24) is 0 Å². The summed E-state index contributed by atoms with van der Waals surface area (Å²) in [6.45, 7) is 5.48. The van der Waals surface area contributed by atoms with Gasteiger partial charge >= 0.3 is 5.97 Å². The highest BCUT2D eigenvalue weighted by Crippen LogP contribution is 2.31. The van der Waals surface area contributed by atoms with E-state index >= 15 is 0 Å². The summed E-state index contributed by atoms with van der Waals surface area (Å²) in [7, 11) is 1.36. The van der Waals surface area contributed by atoms with E-state index in [1.807, 2.05) is 20.8 Å². The van der Waals surface area contributed by atoms with E-state index in [9.17, 15) is 13.2 Å². The van der Waals surface area contributed by atoms with Crippen molar-refractivity contribution in [2.75, 3.05) is 0 Å². The van der Waals surface area contributed by atoms with Gasteiger partial charge in [0.1, 0.15) is 0 Å². The summed E-state index contributed by atoms with van der Waals surface area (Å²) in [6, 6.07) is 3.94. The summed E-state index contributed by atoms with van der Waals surface area (Å²) < 4.78 is 22.9. The SMILES string of the molecule is CC(C)(C)c1ccc(C(=O)O)cc1S(=O)(=O)Cl. The lowest BCUT2D eigenvalue weighted by Gasteiger charge is -2.21. The van der Waals surface area contributed by atoms with Gasteiger partial charge in [0.15, 0.2) is 0 Å². The molecule has 1 rings (SSSR count). The van der Waals surface area contributed by atoms with Crippen molar-refractivity contribution in [2.45, 2.75) is 31.1 Å². The first-order chi connectivity index (χ1) is 7.53. The molecule has 94 valence electrons. The minimum atomic E-state index is -3.96. The van der Waals surface area contributed by atoms with Gasteiger partial charge in [0, 0.05) is 10.7 Å². The number of carboxylic acid groups (broad SMARTS) is 1. The second-order valence-electron chi connectivity index (χ2n) is 4.70. The molecule has 0 aliphatic carbocycles. The smallest absolute Gasteiger partial charge is 0.335 e. The van der Waals surface area contributed by atoms with Crippen molar-refractivity contribution in [2.24, 2.45) is 0 Å². The summed E-state index contributed by atoms with van der Waals surface area (Å²) >= 11 is 0. The summed E-state index contributed by atoms with van der Waals surface area (Å²) in [6.07, 6.45) is 0. The summed E-state index contributed by atoms with van der Waals surface area (Å²) in [5.74, 6) is -1.19. The molecule has 0 aliphatic heterocycles. The fourth-order valence-corrected chi connectivity index (χ4v) is 2.76. The molecule has 17 heavy (non-hydrogen) atoms. The van der Waals surface area contributed by atoms with Crippen LogP contribution in [0.5, 0.6) is 0 Å². The van der Waals surface area contributed by atoms with E-state index in [0.29, 0.717) is 5.56 Å². The van der Waals surface area contributed by atoms with E-state index in [4.69, 9.17) is 15.8 Å². The Morgan fingerprint density at radius 3 is 2.18 bits per heavy atom. The number of rotatable bonds is 2. The Hall–Kier alpha value is -1.07. The number of carboxylic acids is 1. The van der Waals surface area contributed by atoms with E-state index in [2.05, 4.69) is 0 Å². The standard InChI is InChI=1S/C11H13ClO4S/c1-11(2,3)8-5-4-7(10(13)14)6-9(8)17(12,15)16/h4-6H,1-3H3,(H,13,14). The third-order valence-electron chi connectivity index (χ3n) is 2.30. The van der Waals surface area contributed by atoms with Crippen LogP contribution in [0, 0.1) is 0 Å². The zero-order valence-corrected chi connectivity index (χ0v) is 11.3. The highest BCUT2D eigenvalue weighted by Gasteiger charge is 2.25. The van der Waals surface area contributed by atoms with Crippen molar-refractivity contribution in [1.29, 1.82) is 0 Å². The molecule has 1 N–H and O–H groups in total. The van der Waals surface area contributed by atoms with Gasteiger partial charge in [-0.3, -0.25) is 0 Å². The molecule has 0 unspecified atom stereocenters. The van der Waals surface area contributed by atoms with Gasteiger partial charge in [-0.1, -0.05) is 26.8 Å². The van der Waals surface area contributed by atoms with E-state index in [1.54, 1.807) is 0 Å². The molecule has 6 heteroatoms. The van der Waals surface area contributed by atoms with Gasteiger partial charge in [0.25, 0.3) is 9.05 Å². The third kappa shape index (κ3) is 3.20. The van der Waals surface area contributed by atoms with Crippen molar-refractivity contribution < 1.29 is 18.3 Å². The van der Waals surface area contributed by atoms with Crippen molar-refractivity contribution >= 4 is 25.7 Å². The molecule has 0 radical (unpaired) electrons. The molecule has 0 saturated carbocycles. The first-order valence-corrected chi connectivity index (χ1v) is 7.17. The number of carbonyl (C=O) groups is 1. The Balaban J connectivity index is 3.60. The van der Waals surface area contributed by atoms with Gasteiger partial charge in [0.05, 0.1) is 10.5 Å². The number of hydrogen-bond donors (Lipinski definition) is 1. The molecule has 0 spiro atoms. The molecule has 0 amide bonds. The van der Waals surface area contributed by atoms with Crippen LogP contribution in [0.4, 0.5) is 0 Å². The van der Waals surface area contributed by atoms with Gasteiger partial charge in [0.2, 0.25) is 0 Å². The highest BCUT2D eigenvalue weighted by molar-refractivity contribution is 8.13. The lowest BCUT2D eigenvalue weighted by atomic mass is 9.86. The molecule has 1 aromatic carbocycles. The molecular formula is C11H13ClO4S. The molecule has 0 aliphatic rings. The van der Waals surface area contributed by atoms with Crippen LogP contribution in [0.15, 0.2) is 23.1 Å². The Labute approximate surface area is 105 Å². The number of hydrogen-bond acceptors (Lipinski definition) is 3. The first-order valence-electron chi connectivity index (χ1n) is 4.86. The van der Waals surface area contributed by atoms with Crippen LogP contribution in [-0.4, -0.2) is 19.5 Å². The quantitative estimate of drug-likeness (QED) is 0.843. The van der Waals surface area contributed by atoms with Gasteiger partial charge in [-0.15, -0.1) is 0 Å². The van der Waals surface area contributed by atoms with Gasteiger partial charge < -0.3 is 5.11 Å². The van der Waals surface area contributed by atoms with Crippen molar-refractivity contribution in [3.05, 3.63) is 29.3 Å². The topological polar surface area (TPSA) is 71.4 Å². The van der Waals surface area contributed by atoms with Crippen molar-refractivity contribution in [3.8, 4) is 0 Å². The van der Waals surface area contributed by atoms with Crippen LogP contribution < -0.4 is 0 Å². The monoisotopic (exact) mass is 276 g/mol. The Morgan fingerprint density at radius 1 is 1.29 bits per heavy atom. The van der Waals surface area contributed by atoms with Gasteiger partial charge in [-0.2, -0.15) is 0 Å². The van der Waals surface area contributed by atoms with Crippen LogP contribution in [0.1, 0.15) is 36.7 Å². The Kier molecular flexibility index (Phi) is 3.55. The molecule has 0 fully saturated rings. The lowest BCUT2D eigenvalue weighted by Crippen LogP contribution is -2.16. The average molecular weight is 277 g/mol. The highest BCUT2D eigenvalue weighted by atomic mass is 35.7. The fourth-order valence-electron chi connectivity index (χ4n) is 1.48. The molecule has 0 bridgehead atoms. The zero-order chi connectivity index (χ0) is 13.4. The molecule has 0 heterocycles. The molecule has 0 saturated heterocycles. The van der Waals surface area contributed by atoms with E-state index in [0.717, 1.165) is 6.07 Å². The maximum absolute atomic E-state index is 11.4. The fraction of sp³-hybridized carbons (Fsp3) is 0.364. The third-order valence-corrected chi connectivity index (χ3v) is 3.66. The van der Waals surface area contributed by atoms with Gasteiger partial charge in [-0.25, -0.2) is 13.2 Å². The minimum absolute atomic E-state index is 0.0998. The Morgan fingerprint density at radius 2 is 1.82 bits per heavy atom. The maximum Gasteiger partial charge on any atom is 0.335 e.